The Bertz CT molecular complexity index is 779. The predicted octanol–water partition coefficient (Wildman–Crippen LogP) is 9.83. The Morgan fingerprint density at radius 1 is 0.717 bits per heavy atom. The Balaban J connectivity index is 4.26. The van der Waals surface area contributed by atoms with Gasteiger partial charge in [0.2, 0.25) is 5.91 Å². The van der Waals surface area contributed by atoms with Gasteiger partial charge >= 0.3 is 7.82 Å². The zero-order valence-electron chi connectivity index (χ0n) is 29.8. The van der Waals surface area contributed by atoms with Crippen molar-refractivity contribution in [1.29, 1.82) is 0 Å². The number of unbranched alkanes of at least 4 members (excludes halogenated alkanes) is 19. The zero-order valence-corrected chi connectivity index (χ0v) is 30.7. The zero-order chi connectivity index (χ0) is 34.0. The summed E-state index contributed by atoms with van der Waals surface area (Å²) in [5, 5.41) is 13.7. The monoisotopic (exact) mass is 673 g/mol. The lowest BCUT2D eigenvalue weighted by molar-refractivity contribution is -0.123. The Kier molecular flexibility index (Phi) is 33.1. The summed E-state index contributed by atoms with van der Waals surface area (Å²) in [4.78, 5) is 22.6. The summed E-state index contributed by atoms with van der Waals surface area (Å²) in [5.41, 5.74) is 5.35. The maximum Gasteiger partial charge on any atom is 0.472 e. The van der Waals surface area contributed by atoms with E-state index in [0.717, 1.165) is 64.2 Å². The summed E-state index contributed by atoms with van der Waals surface area (Å²) in [7, 11) is -4.31. The number of phosphoric ester groups is 1. The molecule has 0 saturated carbocycles. The van der Waals surface area contributed by atoms with E-state index in [1.54, 1.807) is 0 Å². The fraction of sp³-hybridized carbons (Fsp3) is 0.865. The molecule has 0 heterocycles. The van der Waals surface area contributed by atoms with E-state index in [2.05, 4.69) is 43.5 Å². The summed E-state index contributed by atoms with van der Waals surface area (Å²) >= 11 is 0. The highest BCUT2D eigenvalue weighted by Gasteiger charge is 2.27. The molecule has 0 aliphatic carbocycles. The first-order valence-electron chi connectivity index (χ1n) is 19.0. The van der Waals surface area contributed by atoms with Crippen LogP contribution in [-0.2, 0) is 18.4 Å². The van der Waals surface area contributed by atoms with Gasteiger partial charge in [-0.05, 0) is 44.9 Å². The minimum absolute atomic E-state index is 0.0865. The fourth-order valence-electron chi connectivity index (χ4n) is 5.40. The van der Waals surface area contributed by atoms with Gasteiger partial charge in [0.05, 0.1) is 25.4 Å². The number of amides is 1. The van der Waals surface area contributed by atoms with Crippen LogP contribution in [0.3, 0.4) is 0 Å². The van der Waals surface area contributed by atoms with Crippen LogP contribution in [0.1, 0.15) is 174 Å². The molecule has 0 aromatic rings. The number of phosphoric acid groups is 1. The summed E-state index contributed by atoms with van der Waals surface area (Å²) < 4.78 is 22.1. The highest BCUT2D eigenvalue weighted by Crippen LogP contribution is 2.43. The molecule has 0 fully saturated rings. The molecule has 3 atom stereocenters. The van der Waals surface area contributed by atoms with Gasteiger partial charge in [-0.2, -0.15) is 0 Å². The standard InChI is InChI=1S/C37H73N2O6P/c1-3-5-7-9-11-13-15-16-17-18-19-21-23-25-27-29-31-37(41)39-35(34-45-46(42,43)44-33-32-38)36(40)30-28-26-24-22-20-14-12-10-8-6-4-2/h13,15,17-18,35-36,40H,3-12,14,16,19-34,38H2,1-2H3,(H,39,41)(H,42,43)/b15-13-,18-17-. The van der Waals surface area contributed by atoms with Gasteiger partial charge in [0.1, 0.15) is 0 Å². The van der Waals surface area contributed by atoms with Gasteiger partial charge in [-0.25, -0.2) is 4.57 Å². The van der Waals surface area contributed by atoms with Gasteiger partial charge < -0.3 is 21.1 Å². The molecule has 9 heteroatoms. The van der Waals surface area contributed by atoms with Gasteiger partial charge in [0.15, 0.2) is 0 Å². The number of rotatable bonds is 35. The van der Waals surface area contributed by atoms with Crippen molar-refractivity contribution >= 4 is 13.7 Å². The average molecular weight is 673 g/mol. The number of aliphatic hydroxyl groups is 1. The summed E-state index contributed by atoms with van der Waals surface area (Å²) in [6, 6.07) is -0.778. The Hall–Kier alpha value is -1.02. The van der Waals surface area contributed by atoms with Crippen molar-refractivity contribution in [1.82, 2.24) is 5.32 Å². The third kappa shape index (κ3) is 31.6. The average Bonchev–Trinajstić information content (AvgIpc) is 3.04. The van der Waals surface area contributed by atoms with Crippen molar-refractivity contribution in [3.63, 3.8) is 0 Å². The minimum atomic E-state index is -4.31. The SMILES string of the molecule is CCCCCC/C=C\C/C=C\CCCCCCCC(=O)NC(COP(=O)(O)OCCN)C(O)CCCCCCCCCCCCC. The quantitative estimate of drug-likeness (QED) is 0.0299. The van der Waals surface area contributed by atoms with E-state index in [9.17, 15) is 19.4 Å². The molecule has 3 unspecified atom stereocenters. The highest BCUT2D eigenvalue weighted by atomic mass is 31.2. The van der Waals surface area contributed by atoms with Crippen molar-refractivity contribution in [3.8, 4) is 0 Å². The second kappa shape index (κ2) is 33.9. The lowest BCUT2D eigenvalue weighted by atomic mass is 10.0. The van der Waals surface area contributed by atoms with Crippen molar-refractivity contribution < 1.29 is 28.4 Å². The number of carbonyl (C=O) groups excluding carboxylic acids is 1. The molecular weight excluding hydrogens is 599 g/mol. The van der Waals surface area contributed by atoms with Crippen LogP contribution < -0.4 is 11.1 Å². The molecule has 0 radical (unpaired) electrons. The van der Waals surface area contributed by atoms with Crippen molar-refractivity contribution in [3.05, 3.63) is 24.3 Å². The smallest absolute Gasteiger partial charge is 0.391 e. The van der Waals surface area contributed by atoms with Gasteiger partial charge in [0.25, 0.3) is 0 Å². The molecule has 0 aliphatic heterocycles. The molecule has 0 rings (SSSR count). The van der Waals surface area contributed by atoms with Crippen LogP contribution in [0, 0.1) is 0 Å². The molecule has 272 valence electrons. The maximum absolute atomic E-state index is 12.7. The molecule has 5 N–H and O–H groups in total. The van der Waals surface area contributed by atoms with Crippen molar-refractivity contribution in [2.24, 2.45) is 5.73 Å². The van der Waals surface area contributed by atoms with Gasteiger partial charge in [-0.3, -0.25) is 13.8 Å². The summed E-state index contributed by atoms with van der Waals surface area (Å²) in [6.07, 6.45) is 36.0. The van der Waals surface area contributed by atoms with Gasteiger partial charge in [-0.1, -0.05) is 147 Å². The van der Waals surface area contributed by atoms with Gasteiger partial charge in [0, 0.05) is 13.0 Å². The van der Waals surface area contributed by atoms with Crippen LogP contribution >= 0.6 is 7.82 Å². The first kappa shape index (κ1) is 45.0. The number of aliphatic hydroxyl groups excluding tert-OH is 1. The van der Waals surface area contributed by atoms with Crippen LogP contribution in [0.4, 0.5) is 0 Å². The van der Waals surface area contributed by atoms with E-state index in [1.807, 2.05) is 0 Å². The van der Waals surface area contributed by atoms with Crippen LogP contribution in [0.15, 0.2) is 24.3 Å². The third-order valence-corrected chi connectivity index (χ3v) is 9.29. The highest BCUT2D eigenvalue weighted by molar-refractivity contribution is 7.47. The molecule has 46 heavy (non-hydrogen) atoms. The Morgan fingerprint density at radius 3 is 1.74 bits per heavy atom. The largest absolute Gasteiger partial charge is 0.472 e. The van der Waals surface area contributed by atoms with E-state index in [-0.39, 0.29) is 25.7 Å². The normalized spacial score (nSPS) is 14.6. The summed E-state index contributed by atoms with van der Waals surface area (Å²) in [5.74, 6) is -0.177. The second-order valence-electron chi connectivity index (χ2n) is 12.8. The molecule has 0 saturated heterocycles. The molecule has 0 aliphatic rings. The fourth-order valence-corrected chi connectivity index (χ4v) is 6.16. The van der Waals surface area contributed by atoms with Gasteiger partial charge in [-0.15, -0.1) is 0 Å². The van der Waals surface area contributed by atoms with Crippen molar-refractivity contribution in [2.75, 3.05) is 19.8 Å². The lowest BCUT2D eigenvalue weighted by Crippen LogP contribution is -2.46. The number of carbonyl (C=O) groups is 1. The number of hydrogen-bond donors (Lipinski definition) is 4. The van der Waals surface area contributed by atoms with E-state index < -0.39 is 20.0 Å². The summed E-state index contributed by atoms with van der Waals surface area (Å²) in [6.45, 7) is 4.15. The first-order chi connectivity index (χ1) is 22.4. The van der Waals surface area contributed by atoms with Crippen LogP contribution in [0.5, 0.6) is 0 Å². The predicted molar refractivity (Wildman–Crippen MR) is 194 cm³/mol. The Labute approximate surface area is 283 Å². The van der Waals surface area contributed by atoms with Crippen LogP contribution in [-0.4, -0.2) is 47.8 Å². The van der Waals surface area contributed by atoms with E-state index in [4.69, 9.17) is 14.8 Å². The van der Waals surface area contributed by atoms with Crippen LogP contribution in [0.25, 0.3) is 0 Å². The first-order valence-corrected chi connectivity index (χ1v) is 20.4. The second-order valence-corrected chi connectivity index (χ2v) is 14.2. The number of allylic oxidation sites excluding steroid dienone is 4. The van der Waals surface area contributed by atoms with Crippen LogP contribution in [0.2, 0.25) is 0 Å². The minimum Gasteiger partial charge on any atom is -0.391 e. The molecule has 0 aromatic heterocycles. The number of hydrogen-bond acceptors (Lipinski definition) is 6. The Morgan fingerprint density at radius 2 is 1.20 bits per heavy atom. The van der Waals surface area contributed by atoms with E-state index in [1.165, 1.54) is 83.5 Å². The number of nitrogens with two attached hydrogens (primary N) is 1. The van der Waals surface area contributed by atoms with Crippen molar-refractivity contribution in [2.45, 2.75) is 187 Å². The molecule has 0 aromatic carbocycles. The molecule has 1 amide bonds. The molecule has 8 nitrogen and oxygen atoms in total. The molecular formula is C37H73N2O6P. The van der Waals surface area contributed by atoms with E-state index in [0.29, 0.717) is 12.8 Å². The molecule has 0 spiro atoms. The lowest BCUT2D eigenvalue weighted by Gasteiger charge is -2.25. The maximum atomic E-state index is 12.7. The third-order valence-electron chi connectivity index (χ3n) is 8.31. The topological polar surface area (TPSA) is 131 Å². The number of nitrogens with one attached hydrogen (secondary N) is 1. The molecule has 0 bridgehead atoms. The van der Waals surface area contributed by atoms with E-state index >= 15 is 0 Å².